The topological polar surface area (TPSA) is 76.4 Å². The minimum absolute atomic E-state index is 0.131. The zero-order valence-electron chi connectivity index (χ0n) is 16.4. The maximum absolute atomic E-state index is 12.5. The number of aromatic hydroxyl groups is 1. The van der Waals surface area contributed by atoms with E-state index in [1.165, 1.54) is 16.8 Å². The van der Waals surface area contributed by atoms with Crippen molar-refractivity contribution in [3.63, 3.8) is 0 Å². The Balaban J connectivity index is 1.46. The average molecular weight is 387 g/mol. The number of aryl methyl sites for hydroxylation is 2. The molecule has 0 spiro atoms. The highest BCUT2D eigenvalue weighted by Crippen LogP contribution is 2.36. The highest BCUT2D eigenvalue weighted by atomic mass is 16.3. The van der Waals surface area contributed by atoms with E-state index >= 15 is 0 Å². The molecule has 2 N–H and O–H groups in total. The van der Waals surface area contributed by atoms with Crippen LogP contribution in [0, 0.1) is 11.3 Å². The van der Waals surface area contributed by atoms with E-state index in [4.69, 9.17) is 0 Å². The van der Waals surface area contributed by atoms with E-state index < -0.39 is 0 Å². The van der Waals surface area contributed by atoms with Crippen LogP contribution in [0.4, 0.5) is 5.69 Å². The largest absolute Gasteiger partial charge is 0.508 e. The lowest BCUT2D eigenvalue weighted by Gasteiger charge is -2.37. The Labute approximate surface area is 171 Å². The summed E-state index contributed by atoms with van der Waals surface area (Å²) < 4.78 is 0. The molecule has 0 aliphatic carbocycles. The highest BCUT2D eigenvalue weighted by molar-refractivity contribution is 6.01. The molecule has 29 heavy (non-hydrogen) atoms. The molecule has 0 radical (unpaired) electrons. The molecular formula is C24H25N3O2. The smallest absolute Gasteiger partial charge is 0.261 e. The molecule has 2 aromatic rings. The summed E-state index contributed by atoms with van der Waals surface area (Å²) in [6.07, 6.45) is 6.77. The lowest BCUT2D eigenvalue weighted by atomic mass is 9.89. The standard InChI is InChI=1S/C24H25N3O2/c25-16-21(24(29)26-10-9-17-5-7-22(28)8-6-17)15-18-13-19-3-1-11-27-12-2-4-20(14-18)23(19)27/h5-8,13-15,28H,1-4,9-12H2,(H,26,29). The van der Waals surface area contributed by atoms with E-state index in [1.807, 2.05) is 12.1 Å². The normalized spacial score (nSPS) is 15.4. The Morgan fingerprint density at radius 2 is 1.79 bits per heavy atom. The van der Waals surface area contributed by atoms with Crippen molar-refractivity contribution in [2.75, 3.05) is 24.5 Å². The molecular weight excluding hydrogens is 362 g/mol. The van der Waals surface area contributed by atoms with Gasteiger partial charge in [0.05, 0.1) is 0 Å². The number of nitriles is 1. The predicted molar refractivity (Wildman–Crippen MR) is 114 cm³/mol. The van der Waals surface area contributed by atoms with E-state index in [2.05, 4.69) is 28.4 Å². The Bertz CT molecular complexity index is 955. The first-order valence-electron chi connectivity index (χ1n) is 10.2. The van der Waals surface area contributed by atoms with Gasteiger partial charge in [-0.2, -0.15) is 5.26 Å². The van der Waals surface area contributed by atoms with Crippen molar-refractivity contribution in [2.45, 2.75) is 32.1 Å². The maximum Gasteiger partial charge on any atom is 0.261 e. The summed E-state index contributed by atoms with van der Waals surface area (Å²) in [6, 6.07) is 13.2. The summed E-state index contributed by atoms with van der Waals surface area (Å²) in [5.41, 5.74) is 6.15. The molecule has 5 nitrogen and oxygen atoms in total. The number of carbonyl (C=O) groups is 1. The minimum Gasteiger partial charge on any atom is -0.508 e. The van der Waals surface area contributed by atoms with Crippen LogP contribution >= 0.6 is 0 Å². The van der Waals surface area contributed by atoms with Crippen LogP contribution in [-0.2, 0) is 24.1 Å². The fraction of sp³-hybridized carbons (Fsp3) is 0.333. The van der Waals surface area contributed by atoms with Crippen molar-refractivity contribution in [1.82, 2.24) is 5.32 Å². The number of hydrogen-bond acceptors (Lipinski definition) is 4. The molecule has 0 unspecified atom stereocenters. The summed E-state index contributed by atoms with van der Waals surface area (Å²) in [4.78, 5) is 15.0. The first-order valence-corrected chi connectivity index (χ1v) is 10.2. The summed E-state index contributed by atoms with van der Waals surface area (Å²) in [7, 11) is 0. The van der Waals surface area contributed by atoms with Crippen molar-refractivity contribution < 1.29 is 9.90 Å². The number of anilines is 1. The van der Waals surface area contributed by atoms with Crippen LogP contribution < -0.4 is 10.2 Å². The molecule has 2 aromatic carbocycles. The van der Waals surface area contributed by atoms with Gasteiger partial charge in [0.1, 0.15) is 17.4 Å². The molecule has 1 amide bonds. The molecule has 2 aliphatic rings. The Kier molecular flexibility index (Phi) is 5.53. The van der Waals surface area contributed by atoms with Gasteiger partial charge in [0.25, 0.3) is 5.91 Å². The van der Waals surface area contributed by atoms with E-state index in [9.17, 15) is 15.2 Å². The minimum atomic E-state index is -0.348. The molecule has 0 saturated heterocycles. The van der Waals surface area contributed by atoms with Gasteiger partial charge in [0, 0.05) is 25.3 Å². The lowest BCUT2D eigenvalue weighted by Crippen LogP contribution is -2.34. The summed E-state index contributed by atoms with van der Waals surface area (Å²) >= 11 is 0. The van der Waals surface area contributed by atoms with Gasteiger partial charge in [-0.15, -0.1) is 0 Å². The Morgan fingerprint density at radius 1 is 1.14 bits per heavy atom. The van der Waals surface area contributed by atoms with Crippen LogP contribution in [0.3, 0.4) is 0 Å². The number of carbonyl (C=O) groups excluding carboxylic acids is 1. The maximum atomic E-state index is 12.5. The molecule has 0 bridgehead atoms. The van der Waals surface area contributed by atoms with Gasteiger partial charge in [-0.25, -0.2) is 0 Å². The molecule has 4 rings (SSSR count). The lowest BCUT2D eigenvalue weighted by molar-refractivity contribution is -0.117. The van der Waals surface area contributed by atoms with Gasteiger partial charge in [-0.3, -0.25) is 4.79 Å². The first kappa shape index (κ1) is 19.1. The Hall–Kier alpha value is -3.26. The van der Waals surface area contributed by atoms with Crippen molar-refractivity contribution >= 4 is 17.7 Å². The van der Waals surface area contributed by atoms with Gasteiger partial charge < -0.3 is 15.3 Å². The van der Waals surface area contributed by atoms with Crippen LogP contribution in [-0.4, -0.2) is 30.6 Å². The van der Waals surface area contributed by atoms with E-state index in [-0.39, 0.29) is 17.2 Å². The zero-order chi connectivity index (χ0) is 20.2. The van der Waals surface area contributed by atoms with Crippen molar-refractivity contribution in [3.05, 3.63) is 64.2 Å². The molecule has 2 heterocycles. The van der Waals surface area contributed by atoms with Gasteiger partial charge in [-0.1, -0.05) is 12.1 Å². The summed E-state index contributed by atoms with van der Waals surface area (Å²) in [6.45, 7) is 2.69. The van der Waals surface area contributed by atoms with Crippen LogP contribution in [0.1, 0.15) is 35.1 Å². The fourth-order valence-electron chi connectivity index (χ4n) is 4.31. The molecule has 5 heteroatoms. The number of phenolic OH excluding ortho intramolecular Hbond substituents is 1. The van der Waals surface area contributed by atoms with Crippen LogP contribution in [0.15, 0.2) is 42.0 Å². The number of amides is 1. The molecule has 0 saturated carbocycles. The molecule has 0 atom stereocenters. The number of benzene rings is 2. The first-order chi connectivity index (χ1) is 14.1. The molecule has 0 fully saturated rings. The highest BCUT2D eigenvalue weighted by Gasteiger charge is 2.24. The van der Waals surface area contributed by atoms with Crippen molar-refractivity contribution in [1.29, 1.82) is 5.26 Å². The monoisotopic (exact) mass is 387 g/mol. The predicted octanol–water partition coefficient (Wildman–Crippen LogP) is 3.36. The van der Waals surface area contributed by atoms with Crippen LogP contribution in [0.25, 0.3) is 6.08 Å². The zero-order valence-corrected chi connectivity index (χ0v) is 16.4. The van der Waals surface area contributed by atoms with Crippen molar-refractivity contribution in [3.8, 4) is 11.8 Å². The van der Waals surface area contributed by atoms with Crippen LogP contribution in [0.5, 0.6) is 5.75 Å². The summed E-state index contributed by atoms with van der Waals surface area (Å²) in [5.74, 6) is -0.126. The molecule has 2 aliphatic heterocycles. The number of nitrogens with zero attached hydrogens (tertiary/aromatic N) is 2. The third-order valence-electron chi connectivity index (χ3n) is 5.67. The second kappa shape index (κ2) is 8.40. The molecule has 148 valence electrons. The second-order valence-corrected chi connectivity index (χ2v) is 7.72. The quantitative estimate of drug-likeness (QED) is 0.609. The third kappa shape index (κ3) is 4.27. The Morgan fingerprint density at radius 3 is 2.41 bits per heavy atom. The van der Waals surface area contributed by atoms with Crippen LogP contribution in [0.2, 0.25) is 0 Å². The third-order valence-corrected chi connectivity index (χ3v) is 5.67. The van der Waals surface area contributed by atoms with E-state index in [0.29, 0.717) is 13.0 Å². The number of rotatable bonds is 5. The van der Waals surface area contributed by atoms with E-state index in [0.717, 1.165) is 49.9 Å². The SMILES string of the molecule is N#CC(=Cc1cc2c3c(c1)CCCN3CCC2)C(=O)NCCc1ccc(O)cc1. The summed E-state index contributed by atoms with van der Waals surface area (Å²) in [5, 5.41) is 21.7. The fourth-order valence-corrected chi connectivity index (χ4v) is 4.31. The second-order valence-electron chi connectivity index (χ2n) is 7.72. The number of nitrogens with one attached hydrogen (secondary N) is 1. The van der Waals surface area contributed by atoms with Gasteiger partial charge in [0.15, 0.2) is 0 Å². The number of phenols is 1. The van der Waals surface area contributed by atoms with Gasteiger partial charge in [0.2, 0.25) is 0 Å². The van der Waals surface area contributed by atoms with Gasteiger partial charge >= 0.3 is 0 Å². The molecule has 0 aromatic heterocycles. The number of hydrogen-bond donors (Lipinski definition) is 2. The van der Waals surface area contributed by atoms with Crippen molar-refractivity contribution in [2.24, 2.45) is 0 Å². The average Bonchev–Trinajstić information content (AvgIpc) is 2.74. The van der Waals surface area contributed by atoms with E-state index in [1.54, 1.807) is 18.2 Å². The van der Waals surface area contributed by atoms with Gasteiger partial charge in [-0.05, 0) is 84.7 Å².